The number of benzene rings is 2. The van der Waals surface area contributed by atoms with Crippen molar-refractivity contribution in [1.82, 2.24) is 9.55 Å². The van der Waals surface area contributed by atoms with Gasteiger partial charge in [0.25, 0.3) is 5.79 Å². The van der Waals surface area contributed by atoms with Crippen molar-refractivity contribution in [2.24, 2.45) is 5.73 Å². The van der Waals surface area contributed by atoms with Crippen LogP contribution >= 0.6 is 7.82 Å². The number of amides is 1. The van der Waals surface area contributed by atoms with Crippen molar-refractivity contribution in [3.8, 4) is 0 Å². The smallest absolute Gasteiger partial charge is 0.368 e. The van der Waals surface area contributed by atoms with Gasteiger partial charge in [0.2, 0.25) is 12.1 Å². The van der Waals surface area contributed by atoms with E-state index in [0.29, 0.717) is 17.0 Å². The number of hydrogen-bond acceptors (Lipinski definition) is 6. The monoisotopic (exact) mass is 411 g/mol. The largest absolute Gasteiger partial charge is 0.482 e. The number of nitrogens with zero attached hydrogens (tertiary/aromatic N) is 2. The normalized spacial score (nSPS) is 28.1. The molecular weight excluding hydrogens is 393 g/mol. The van der Waals surface area contributed by atoms with E-state index in [2.05, 4.69) is 4.98 Å². The summed E-state index contributed by atoms with van der Waals surface area (Å²) in [6, 6.07) is 17.9. The van der Waals surface area contributed by atoms with E-state index in [1.807, 2.05) is 12.1 Å². The average molecular weight is 411 g/mol. The van der Waals surface area contributed by atoms with E-state index < -0.39 is 31.2 Å². The second-order valence-corrected chi connectivity index (χ2v) is 8.45. The van der Waals surface area contributed by atoms with Crippen LogP contribution in [0.4, 0.5) is 0 Å². The SMILES string of the molecule is Cc1nccn1C1OP2(=O)OC1(C(C(N)=O)(c1ccccc1)c1ccccc1)O2. The summed E-state index contributed by atoms with van der Waals surface area (Å²) in [5.74, 6) is -1.89. The molecule has 3 aliphatic rings. The zero-order valence-electron chi connectivity index (χ0n) is 15.5. The maximum atomic E-state index is 13.2. The Morgan fingerprint density at radius 3 is 2.10 bits per heavy atom. The van der Waals surface area contributed by atoms with E-state index in [9.17, 15) is 9.36 Å². The molecule has 148 valence electrons. The summed E-state index contributed by atoms with van der Waals surface area (Å²) in [7, 11) is -3.82. The molecule has 1 atom stereocenters. The average Bonchev–Trinajstić information content (AvgIpc) is 3.33. The predicted molar refractivity (Wildman–Crippen MR) is 102 cm³/mol. The number of fused-ring (bicyclic) bond motifs is 1. The highest BCUT2D eigenvalue weighted by Gasteiger charge is 2.82. The van der Waals surface area contributed by atoms with Crippen LogP contribution in [0.5, 0.6) is 0 Å². The molecule has 0 spiro atoms. The number of nitrogens with two attached hydrogens (primary N) is 1. The van der Waals surface area contributed by atoms with Gasteiger partial charge in [0.1, 0.15) is 5.82 Å². The van der Waals surface area contributed by atoms with Crippen LogP contribution in [0.1, 0.15) is 23.2 Å². The van der Waals surface area contributed by atoms with Crippen molar-refractivity contribution < 1.29 is 22.9 Å². The van der Waals surface area contributed by atoms with Crippen molar-refractivity contribution >= 4 is 13.7 Å². The van der Waals surface area contributed by atoms with E-state index >= 15 is 0 Å². The van der Waals surface area contributed by atoms with Crippen LogP contribution in [0, 0.1) is 6.92 Å². The van der Waals surface area contributed by atoms with Crippen LogP contribution in [0.3, 0.4) is 0 Å². The van der Waals surface area contributed by atoms with Gasteiger partial charge in [-0.05, 0) is 18.1 Å². The highest BCUT2D eigenvalue weighted by atomic mass is 31.2. The summed E-state index contributed by atoms with van der Waals surface area (Å²) < 4.78 is 31.7. The quantitative estimate of drug-likeness (QED) is 0.647. The van der Waals surface area contributed by atoms with E-state index in [0.717, 1.165) is 0 Å². The van der Waals surface area contributed by atoms with E-state index in [-0.39, 0.29) is 0 Å². The Labute approximate surface area is 166 Å². The van der Waals surface area contributed by atoms with Gasteiger partial charge in [-0.15, -0.1) is 0 Å². The Kier molecular flexibility index (Phi) is 3.85. The lowest BCUT2D eigenvalue weighted by Crippen LogP contribution is -2.65. The first kappa shape index (κ1) is 18.3. The summed E-state index contributed by atoms with van der Waals surface area (Å²) in [6.07, 6.45) is 2.21. The summed E-state index contributed by atoms with van der Waals surface area (Å²) >= 11 is 0. The first-order chi connectivity index (χ1) is 13.9. The van der Waals surface area contributed by atoms with E-state index in [1.165, 1.54) is 0 Å². The molecular formula is C20H18N3O5P. The topological polar surface area (TPSA) is 106 Å². The van der Waals surface area contributed by atoms with Crippen molar-refractivity contribution in [2.75, 3.05) is 0 Å². The number of primary amides is 1. The summed E-state index contributed by atoms with van der Waals surface area (Å²) in [5.41, 5.74) is 5.51. The summed E-state index contributed by atoms with van der Waals surface area (Å²) in [6.45, 7) is 1.76. The molecule has 1 aromatic heterocycles. The van der Waals surface area contributed by atoms with Gasteiger partial charge in [-0.2, -0.15) is 0 Å². The Morgan fingerprint density at radius 2 is 1.66 bits per heavy atom. The van der Waals surface area contributed by atoms with E-state index in [1.54, 1.807) is 72.4 Å². The Morgan fingerprint density at radius 1 is 1.10 bits per heavy atom. The minimum absolute atomic E-state index is 0.540. The van der Waals surface area contributed by atoms with Crippen LogP contribution in [0.2, 0.25) is 0 Å². The van der Waals surface area contributed by atoms with Crippen LogP contribution in [-0.4, -0.2) is 21.2 Å². The zero-order chi connectivity index (χ0) is 20.3. The highest BCUT2D eigenvalue weighted by molar-refractivity contribution is 7.50. The second-order valence-electron chi connectivity index (χ2n) is 6.98. The molecule has 0 aliphatic carbocycles. The van der Waals surface area contributed by atoms with Crippen molar-refractivity contribution in [3.63, 3.8) is 0 Å². The first-order valence-electron chi connectivity index (χ1n) is 9.03. The fraction of sp³-hybridized carbons (Fsp3) is 0.200. The van der Waals surface area contributed by atoms with Crippen LogP contribution in [-0.2, 0) is 28.3 Å². The molecule has 9 heteroatoms. The number of hydrogen-bond donors (Lipinski definition) is 1. The third-order valence-corrected chi connectivity index (χ3v) is 6.92. The molecule has 3 fully saturated rings. The summed E-state index contributed by atoms with van der Waals surface area (Å²) in [5, 5.41) is 0. The van der Waals surface area contributed by atoms with Gasteiger partial charge in [0, 0.05) is 12.4 Å². The second kappa shape index (κ2) is 6.11. The van der Waals surface area contributed by atoms with Gasteiger partial charge in [-0.25, -0.2) is 18.6 Å². The summed E-state index contributed by atoms with van der Waals surface area (Å²) in [4.78, 5) is 17.4. The minimum Gasteiger partial charge on any atom is -0.368 e. The number of imidazole rings is 1. The lowest BCUT2D eigenvalue weighted by Gasteiger charge is -2.49. The maximum Gasteiger partial charge on any atom is 0.482 e. The molecule has 6 rings (SSSR count). The molecule has 8 nitrogen and oxygen atoms in total. The Hall–Kier alpha value is -2.77. The number of phosphoric ester groups is 1. The Bertz CT molecular complexity index is 1080. The van der Waals surface area contributed by atoms with Gasteiger partial charge in [-0.3, -0.25) is 9.32 Å². The number of aryl methyl sites for hydroxylation is 1. The predicted octanol–water partition coefficient (Wildman–Crippen LogP) is 3.04. The van der Waals surface area contributed by atoms with Gasteiger partial charge in [-0.1, -0.05) is 60.7 Å². The number of rotatable bonds is 5. The molecule has 0 saturated carbocycles. The Balaban J connectivity index is 1.83. The number of phosphoric acid groups is 1. The highest BCUT2D eigenvalue weighted by Crippen LogP contribution is 2.81. The minimum atomic E-state index is -3.82. The molecule has 3 aliphatic heterocycles. The molecule has 2 N–H and O–H groups in total. The standard InChI is InChI=1S/C20H18N3O5P/c1-14-22-12-13-23(14)18-20(27-29(25,26-18)28-20)19(17(21)24,15-8-4-2-5-9-15)16-10-6-3-7-11-16/h2-13,18H,1H3,(H2,21,24). The molecule has 2 aromatic carbocycles. The lowest BCUT2D eigenvalue weighted by molar-refractivity contribution is -0.232. The third-order valence-electron chi connectivity index (χ3n) is 5.47. The third kappa shape index (κ3) is 2.28. The van der Waals surface area contributed by atoms with Crippen LogP contribution in [0.25, 0.3) is 0 Å². The first-order valence-corrected chi connectivity index (χ1v) is 10.5. The van der Waals surface area contributed by atoms with E-state index in [4.69, 9.17) is 19.3 Å². The van der Waals surface area contributed by atoms with Crippen molar-refractivity contribution in [2.45, 2.75) is 24.4 Å². The zero-order valence-corrected chi connectivity index (χ0v) is 16.4. The molecule has 1 amide bonds. The molecule has 0 radical (unpaired) electrons. The van der Waals surface area contributed by atoms with Gasteiger partial charge < -0.3 is 10.3 Å². The molecule has 1 unspecified atom stereocenters. The lowest BCUT2D eigenvalue weighted by atomic mass is 9.66. The van der Waals surface area contributed by atoms with Gasteiger partial charge >= 0.3 is 7.82 Å². The van der Waals surface area contributed by atoms with Crippen molar-refractivity contribution in [1.29, 1.82) is 0 Å². The molecule has 4 heterocycles. The number of carbonyl (C=O) groups is 1. The number of carbonyl (C=O) groups excluding carboxylic acids is 1. The maximum absolute atomic E-state index is 13.2. The fourth-order valence-corrected chi connectivity index (χ4v) is 5.96. The molecule has 2 bridgehead atoms. The van der Waals surface area contributed by atoms with Crippen LogP contribution in [0.15, 0.2) is 73.1 Å². The molecule has 3 saturated heterocycles. The van der Waals surface area contributed by atoms with Gasteiger partial charge in [0.05, 0.1) is 0 Å². The molecule has 29 heavy (non-hydrogen) atoms. The number of aromatic nitrogens is 2. The fourth-order valence-electron chi connectivity index (χ4n) is 4.26. The van der Waals surface area contributed by atoms with Crippen molar-refractivity contribution in [3.05, 3.63) is 90.0 Å². The van der Waals surface area contributed by atoms with Gasteiger partial charge in [0.15, 0.2) is 5.41 Å². The van der Waals surface area contributed by atoms with Crippen LogP contribution < -0.4 is 5.73 Å². The molecule has 3 aromatic rings.